The van der Waals surface area contributed by atoms with Crippen molar-refractivity contribution in [2.75, 3.05) is 10.5 Å². The van der Waals surface area contributed by atoms with Gasteiger partial charge in [0.15, 0.2) is 17.4 Å². The molecule has 11 heteroatoms. The van der Waals surface area contributed by atoms with Gasteiger partial charge in [-0.15, -0.1) is 0 Å². The van der Waals surface area contributed by atoms with E-state index in [0.29, 0.717) is 17.1 Å². The number of carbonyl (C=O) groups excluding carboxylic acids is 1. The minimum Gasteiger partial charge on any atom is -0.383 e. The molecule has 2 aromatic carbocycles. The van der Waals surface area contributed by atoms with Gasteiger partial charge >= 0.3 is 0 Å². The fourth-order valence-electron chi connectivity index (χ4n) is 3.41. The Morgan fingerprint density at radius 1 is 1.09 bits per heavy atom. The number of aromatic nitrogens is 3. The molecule has 0 saturated heterocycles. The zero-order valence-electron chi connectivity index (χ0n) is 17.6. The number of fused-ring (bicyclic) bond motifs is 1. The molecule has 0 unspecified atom stereocenters. The van der Waals surface area contributed by atoms with Crippen LogP contribution >= 0.6 is 0 Å². The topological polar surface area (TPSA) is 120 Å². The van der Waals surface area contributed by atoms with Crippen LogP contribution in [0.5, 0.6) is 0 Å². The predicted molar refractivity (Wildman–Crippen MR) is 119 cm³/mol. The highest BCUT2D eigenvalue weighted by atomic mass is 32.2. The molecule has 0 spiro atoms. The lowest BCUT2D eigenvalue weighted by molar-refractivity contribution is 0.104. The summed E-state index contributed by atoms with van der Waals surface area (Å²) < 4.78 is 55.9. The van der Waals surface area contributed by atoms with Crippen molar-refractivity contribution in [3.8, 4) is 0 Å². The van der Waals surface area contributed by atoms with E-state index in [1.807, 2.05) is 13.8 Å². The first-order chi connectivity index (χ1) is 15.6. The number of ketones is 1. The van der Waals surface area contributed by atoms with Crippen molar-refractivity contribution < 1.29 is 22.0 Å². The zero-order chi connectivity index (χ0) is 23.9. The summed E-state index contributed by atoms with van der Waals surface area (Å²) in [7, 11) is -4.22. The zero-order valence-corrected chi connectivity index (χ0v) is 18.4. The van der Waals surface area contributed by atoms with E-state index in [4.69, 9.17) is 5.73 Å². The van der Waals surface area contributed by atoms with Crippen LogP contribution in [0.3, 0.4) is 0 Å². The largest absolute Gasteiger partial charge is 0.383 e. The van der Waals surface area contributed by atoms with Crippen LogP contribution in [0, 0.1) is 11.6 Å². The van der Waals surface area contributed by atoms with Gasteiger partial charge in [0.25, 0.3) is 10.0 Å². The van der Waals surface area contributed by atoms with Crippen LogP contribution in [0.25, 0.3) is 11.0 Å². The summed E-state index contributed by atoms with van der Waals surface area (Å²) in [5.74, 6) is -2.71. The van der Waals surface area contributed by atoms with E-state index in [9.17, 15) is 22.0 Å². The van der Waals surface area contributed by atoms with Gasteiger partial charge in [0, 0.05) is 23.5 Å². The second-order valence-corrected chi connectivity index (χ2v) is 9.28. The first-order valence-electron chi connectivity index (χ1n) is 9.82. The van der Waals surface area contributed by atoms with E-state index in [2.05, 4.69) is 14.7 Å². The van der Waals surface area contributed by atoms with E-state index in [1.54, 1.807) is 10.8 Å². The van der Waals surface area contributed by atoms with Gasteiger partial charge < -0.3 is 10.3 Å². The molecule has 0 saturated carbocycles. The van der Waals surface area contributed by atoms with Crippen molar-refractivity contribution in [2.24, 2.45) is 0 Å². The number of nitrogens with one attached hydrogen (secondary N) is 1. The number of benzene rings is 2. The quantitative estimate of drug-likeness (QED) is 0.412. The van der Waals surface area contributed by atoms with Crippen LogP contribution in [-0.4, -0.2) is 28.7 Å². The standard InChI is InChI=1S/C22H19F2N5O3S/c1-12(2)29-10-16(19-21(25)26-11-27-22(19)29)20(30)13-4-3-5-14(8-13)28-33(31,32)15-6-7-17(23)18(24)9-15/h3-12,28H,1-2H3,(H2,25,26,27). The summed E-state index contributed by atoms with van der Waals surface area (Å²) in [6, 6.07) is 8.05. The molecule has 0 aliphatic rings. The van der Waals surface area contributed by atoms with E-state index >= 15 is 0 Å². The molecule has 2 heterocycles. The highest BCUT2D eigenvalue weighted by Gasteiger charge is 2.22. The molecule has 3 N–H and O–H groups in total. The highest BCUT2D eigenvalue weighted by molar-refractivity contribution is 7.92. The van der Waals surface area contributed by atoms with Gasteiger partial charge in [-0.1, -0.05) is 12.1 Å². The molecule has 8 nitrogen and oxygen atoms in total. The van der Waals surface area contributed by atoms with Crippen LogP contribution in [0.2, 0.25) is 0 Å². The molecule has 0 bridgehead atoms. The van der Waals surface area contributed by atoms with Gasteiger partial charge in [-0.05, 0) is 44.2 Å². The Kier molecular flexibility index (Phi) is 5.58. The Labute approximate surface area is 188 Å². The lowest BCUT2D eigenvalue weighted by atomic mass is 10.0. The molecule has 2 aromatic heterocycles. The minimum atomic E-state index is -4.22. The first-order valence-corrected chi connectivity index (χ1v) is 11.3. The summed E-state index contributed by atoms with van der Waals surface area (Å²) in [5, 5.41) is 0.406. The fraction of sp³-hybridized carbons (Fsp3) is 0.136. The maximum absolute atomic E-state index is 13.5. The highest BCUT2D eigenvalue weighted by Crippen LogP contribution is 2.29. The summed E-state index contributed by atoms with van der Waals surface area (Å²) in [6.07, 6.45) is 2.96. The lowest BCUT2D eigenvalue weighted by Crippen LogP contribution is -2.14. The number of nitrogens with two attached hydrogens (primary N) is 1. The average Bonchev–Trinajstić information content (AvgIpc) is 3.16. The van der Waals surface area contributed by atoms with Gasteiger partial charge in [0.1, 0.15) is 17.8 Å². The number of anilines is 2. The molecule has 170 valence electrons. The van der Waals surface area contributed by atoms with Crippen molar-refractivity contribution in [3.63, 3.8) is 0 Å². The number of hydrogen-bond donors (Lipinski definition) is 2. The van der Waals surface area contributed by atoms with E-state index < -0.39 is 32.3 Å². The van der Waals surface area contributed by atoms with Gasteiger partial charge in [0.05, 0.1) is 15.8 Å². The summed E-state index contributed by atoms with van der Waals surface area (Å²) in [5.41, 5.74) is 7.07. The molecule has 0 fully saturated rings. The van der Waals surface area contributed by atoms with Crippen molar-refractivity contribution in [2.45, 2.75) is 24.8 Å². The third-order valence-corrected chi connectivity index (χ3v) is 6.40. The Hall–Kier alpha value is -3.86. The summed E-state index contributed by atoms with van der Waals surface area (Å²) >= 11 is 0. The second kappa shape index (κ2) is 8.24. The average molecular weight is 471 g/mol. The number of halogens is 2. The van der Waals surface area contributed by atoms with Crippen LogP contribution in [-0.2, 0) is 10.0 Å². The van der Waals surface area contributed by atoms with Crippen molar-refractivity contribution in [3.05, 3.63) is 77.8 Å². The lowest BCUT2D eigenvalue weighted by Gasteiger charge is -2.10. The molecule has 4 rings (SSSR count). The molecule has 0 aliphatic heterocycles. The van der Waals surface area contributed by atoms with E-state index in [0.717, 1.165) is 12.1 Å². The number of carbonyl (C=O) groups is 1. The number of nitrogen functional groups attached to an aromatic ring is 1. The summed E-state index contributed by atoms with van der Waals surface area (Å²) in [4.78, 5) is 21.1. The maximum atomic E-state index is 13.5. The first kappa shape index (κ1) is 22.3. The SMILES string of the molecule is CC(C)n1cc(C(=O)c2cccc(NS(=O)(=O)c3ccc(F)c(F)c3)c2)c2c(N)ncnc21. The van der Waals surface area contributed by atoms with Crippen LogP contribution < -0.4 is 10.5 Å². The molecule has 0 amide bonds. The van der Waals surface area contributed by atoms with Crippen LogP contribution in [0.1, 0.15) is 35.8 Å². The van der Waals surface area contributed by atoms with Gasteiger partial charge in [0.2, 0.25) is 0 Å². The molecule has 0 atom stereocenters. The Bertz CT molecular complexity index is 1500. The molecule has 4 aromatic rings. The number of nitrogens with zero attached hydrogens (tertiary/aromatic N) is 3. The van der Waals surface area contributed by atoms with Gasteiger partial charge in [-0.25, -0.2) is 27.2 Å². The monoisotopic (exact) mass is 471 g/mol. The molecule has 33 heavy (non-hydrogen) atoms. The molecular formula is C22H19F2N5O3S. The third kappa shape index (κ3) is 4.14. The Morgan fingerprint density at radius 3 is 2.55 bits per heavy atom. The van der Waals surface area contributed by atoms with Gasteiger partial charge in [-0.2, -0.15) is 0 Å². The second-order valence-electron chi connectivity index (χ2n) is 7.59. The van der Waals surface area contributed by atoms with Gasteiger partial charge in [-0.3, -0.25) is 9.52 Å². The Balaban J connectivity index is 1.72. The predicted octanol–water partition coefficient (Wildman–Crippen LogP) is 3.90. The number of hydrogen-bond acceptors (Lipinski definition) is 6. The fourth-order valence-corrected chi connectivity index (χ4v) is 4.47. The van der Waals surface area contributed by atoms with Crippen molar-refractivity contribution in [1.82, 2.24) is 14.5 Å². The maximum Gasteiger partial charge on any atom is 0.261 e. The third-order valence-electron chi connectivity index (χ3n) is 5.02. The molecule has 0 radical (unpaired) electrons. The Morgan fingerprint density at radius 2 is 1.85 bits per heavy atom. The molecule has 0 aliphatic carbocycles. The smallest absolute Gasteiger partial charge is 0.261 e. The minimum absolute atomic E-state index is 0.00222. The normalized spacial score (nSPS) is 11.8. The van der Waals surface area contributed by atoms with Crippen LogP contribution in [0.15, 0.2) is 59.9 Å². The number of sulfonamides is 1. The summed E-state index contributed by atoms with van der Waals surface area (Å²) in [6.45, 7) is 3.86. The van der Waals surface area contributed by atoms with E-state index in [1.165, 1.54) is 30.6 Å². The van der Waals surface area contributed by atoms with Crippen molar-refractivity contribution in [1.29, 1.82) is 0 Å². The molecular weight excluding hydrogens is 452 g/mol. The number of rotatable bonds is 6. The van der Waals surface area contributed by atoms with Crippen LogP contribution in [0.4, 0.5) is 20.3 Å². The van der Waals surface area contributed by atoms with E-state index in [-0.39, 0.29) is 28.7 Å². The van der Waals surface area contributed by atoms with Crippen molar-refractivity contribution >= 4 is 38.3 Å².